The number of nitrogens with zero attached hydrogens (tertiary/aromatic N) is 1. The molecule has 1 fully saturated rings. The number of hydrogen-bond donors (Lipinski definition) is 1. The first-order valence-corrected chi connectivity index (χ1v) is 7.78. The summed E-state index contributed by atoms with van der Waals surface area (Å²) in [6, 6.07) is 8.36. The second-order valence-corrected chi connectivity index (χ2v) is 5.68. The Bertz CT molecular complexity index is 391. The second kappa shape index (κ2) is 6.95. The summed E-state index contributed by atoms with van der Waals surface area (Å²) in [4.78, 5) is 2.48. The summed E-state index contributed by atoms with van der Waals surface area (Å²) < 4.78 is 0. The van der Waals surface area contributed by atoms with Crippen molar-refractivity contribution in [2.45, 2.75) is 52.1 Å². The largest absolute Gasteiger partial charge is 0.388 e. The average Bonchev–Trinajstić information content (AvgIpc) is 2.71. The highest BCUT2D eigenvalue weighted by atomic mass is 16.3. The van der Waals surface area contributed by atoms with E-state index in [0.29, 0.717) is 0 Å². The maximum absolute atomic E-state index is 10.2. The standard InChI is InChI=1S/C17H27NO/c1-3-14-8-7-12-18(13-11-14)16-10-6-5-9-15(16)17(19)4-2/h5-6,9-10,14,17,19H,3-4,7-8,11-13H2,1-2H3/t14?,17-/m1/s1. The van der Waals surface area contributed by atoms with Crippen LogP contribution in [0.2, 0.25) is 0 Å². The fourth-order valence-corrected chi connectivity index (χ4v) is 3.09. The highest BCUT2D eigenvalue weighted by Crippen LogP contribution is 2.31. The molecule has 19 heavy (non-hydrogen) atoms. The minimum Gasteiger partial charge on any atom is -0.388 e. The zero-order chi connectivity index (χ0) is 13.7. The Hall–Kier alpha value is -1.02. The summed E-state index contributed by atoms with van der Waals surface area (Å²) in [5, 5.41) is 10.2. The lowest BCUT2D eigenvalue weighted by atomic mass is 9.98. The zero-order valence-electron chi connectivity index (χ0n) is 12.3. The predicted octanol–water partition coefficient (Wildman–Crippen LogP) is 4.15. The first kappa shape index (κ1) is 14.4. The van der Waals surface area contributed by atoms with Crippen molar-refractivity contribution in [2.24, 2.45) is 5.92 Å². The van der Waals surface area contributed by atoms with E-state index in [9.17, 15) is 5.11 Å². The van der Waals surface area contributed by atoms with Crippen molar-refractivity contribution in [3.05, 3.63) is 29.8 Å². The molecule has 0 spiro atoms. The van der Waals surface area contributed by atoms with E-state index in [1.807, 2.05) is 13.0 Å². The highest BCUT2D eigenvalue weighted by molar-refractivity contribution is 5.54. The summed E-state index contributed by atoms with van der Waals surface area (Å²) in [5.41, 5.74) is 2.34. The van der Waals surface area contributed by atoms with Crippen LogP contribution in [0.5, 0.6) is 0 Å². The summed E-state index contributed by atoms with van der Waals surface area (Å²) >= 11 is 0. The normalized spacial score (nSPS) is 22.1. The van der Waals surface area contributed by atoms with Crippen molar-refractivity contribution in [1.82, 2.24) is 0 Å². The molecule has 1 heterocycles. The van der Waals surface area contributed by atoms with Crippen molar-refractivity contribution in [3.8, 4) is 0 Å². The third-order valence-electron chi connectivity index (χ3n) is 4.45. The van der Waals surface area contributed by atoms with E-state index in [2.05, 4.69) is 30.0 Å². The Labute approximate surface area is 117 Å². The number of para-hydroxylation sites is 1. The molecule has 106 valence electrons. The lowest BCUT2D eigenvalue weighted by Crippen LogP contribution is -2.25. The van der Waals surface area contributed by atoms with Crippen LogP contribution in [0.25, 0.3) is 0 Å². The summed E-state index contributed by atoms with van der Waals surface area (Å²) in [5.74, 6) is 0.883. The van der Waals surface area contributed by atoms with E-state index in [1.165, 1.54) is 31.4 Å². The molecule has 1 saturated heterocycles. The highest BCUT2D eigenvalue weighted by Gasteiger charge is 2.19. The Morgan fingerprint density at radius 3 is 2.74 bits per heavy atom. The fourth-order valence-electron chi connectivity index (χ4n) is 3.09. The first-order valence-electron chi connectivity index (χ1n) is 7.78. The molecular formula is C17H27NO. The summed E-state index contributed by atoms with van der Waals surface area (Å²) in [7, 11) is 0. The van der Waals surface area contributed by atoms with Crippen molar-refractivity contribution in [1.29, 1.82) is 0 Å². The summed E-state index contributed by atoms with van der Waals surface area (Å²) in [6.45, 7) is 6.60. The van der Waals surface area contributed by atoms with Crippen molar-refractivity contribution in [3.63, 3.8) is 0 Å². The minimum absolute atomic E-state index is 0.332. The van der Waals surface area contributed by atoms with Gasteiger partial charge in [0.25, 0.3) is 0 Å². The second-order valence-electron chi connectivity index (χ2n) is 5.68. The van der Waals surface area contributed by atoms with E-state index in [-0.39, 0.29) is 6.10 Å². The van der Waals surface area contributed by atoms with Crippen LogP contribution in [0.15, 0.2) is 24.3 Å². The zero-order valence-corrected chi connectivity index (χ0v) is 12.3. The van der Waals surface area contributed by atoms with E-state index >= 15 is 0 Å². The van der Waals surface area contributed by atoms with Gasteiger partial charge in [-0.25, -0.2) is 0 Å². The Morgan fingerprint density at radius 1 is 1.21 bits per heavy atom. The van der Waals surface area contributed by atoms with Crippen LogP contribution in [0.1, 0.15) is 57.6 Å². The monoisotopic (exact) mass is 261 g/mol. The molecule has 0 radical (unpaired) electrons. The van der Waals surface area contributed by atoms with Gasteiger partial charge in [0.2, 0.25) is 0 Å². The molecule has 0 amide bonds. The molecule has 2 rings (SSSR count). The first-order chi connectivity index (χ1) is 9.26. The molecule has 1 unspecified atom stereocenters. The molecule has 0 saturated carbocycles. The molecule has 2 nitrogen and oxygen atoms in total. The fraction of sp³-hybridized carbons (Fsp3) is 0.647. The van der Waals surface area contributed by atoms with Crippen molar-refractivity contribution < 1.29 is 5.11 Å². The quantitative estimate of drug-likeness (QED) is 0.880. The van der Waals surface area contributed by atoms with Crippen molar-refractivity contribution >= 4 is 5.69 Å². The molecule has 1 aromatic rings. The maximum Gasteiger partial charge on any atom is 0.0807 e. The van der Waals surface area contributed by atoms with E-state index in [0.717, 1.165) is 31.0 Å². The number of aliphatic hydroxyl groups is 1. The van der Waals surface area contributed by atoms with Crippen LogP contribution < -0.4 is 4.90 Å². The number of hydrogen-bond acceptors (Lipinski definition) is 2. The third-order valence-corrected chi connectivity index (χ3v) is 4.45. The van der Waals surface area contributed by atoms with Crippen LogP contribution in [-0.2, 0) is 0 Å². The molecule has 0 aliphatic carbocycles. The molecule has 2 heteroatoms. The average molecular weight is 261 g/mol. The topological polar surface area (TPSA) is 23.5 Å². The van der Waals surface area contributed by atoms with Crippen LogP contribution in [-0.4, -0.2) is 18.2 Å². The molecule has 1 aliphatic heterocycles. The number of aliphatic hydroxyl groups excluding tert-OH is 1. The summed E-state index contributed by atoms with van der Waals surface area (Å²) in [6.07, 6.45) is 5.66. The van der Waals surface area contributed by atoms with Gasteiger partial charge in [0.05, 0.1) is 6.10 Å². The molecule has 1 aromatic carbocycles. The van der Waals surface area contributed by atoms with Gasteiger partial charge in [0, 0.05) is 24.3 Å². The Morgan fingerprint density at radius 2 is 2.00 bits per heavy atom. The van der Waals surface area contributed by atoms with Gasteiger partial charge in [-0.3, -0.25) is 0 Å². The number of rotatable bonds is 4. The van der Waals surface area contributed by atoms with Crippen LogP contribution in [0.4, 0.5) is 5.69 Å². The lowest BCUT2D eigenvalue weighted by molar-refractivity contribution is 0.174. The molecular weight excluding hydrogens is 234 g/mol. The van der Waals surface area contributed by atoms with Gasteiger partial charge in [-0.05, 0) is 37.7 Å². The molecule has 1 aliphatic rings. The van der Waals surface area contributed by atoms with Crippen molar-refractivity contribution in [2.75, 3.05) is 18.0 Å². The Kier molecular flexibility index (Phi) is 5.26. The maximum atomic E-state index is 10.2. The van der Waals surface area contributed by atoms with Gasteiger partial charge >= 0.3 is 0 Å². The van der Waals surface area contributed by atoms with E-state index < -0.39 is 0 Å². The number of benzene rings is 1. The van der Waals surface area contributed by atoms with Gasteiger partial charge in [0.1, 0.15) is 0 Å². The van der Waals surface area contributed by atoms with E-state index in [1.54, 1.807) is 0 Å². The van der Waals surface area contributed by atoms with Crippen LogP contribution in [0, 0.1) is 5.92 Å². The van der Waals surface area contributed by atoms with Gasteiger partial charge in [-0.1, -0.05) is 38.5 Å². The van der Waals surface area contributed by atoms with E-state index in [4.69, 9.17) is 0 Å². The minimum atomic E-state index is -0.332. The SMILES string of the molecule is CCC1CCCN(c2ccccc2[C@H](O)CC)CC1. The molecule has 2 atom stereocenters. The smallest absolute Gasteiger partial charge is 0.0807 e. The molecule has 0 aromatic heterocycles. The van der Waals surface area contributed by atoms with Gasteiger partial charge in [-0.15, -0.1) is 0 Å². The number of anilines is 1. The van der Waals surface area contributed by atoms with Gasteiger partial charge in [-0.2, -0.15) is 0 Å². The predicted molar refractivity (Wildman–Crippen MR) is 81.5 cm³/mol. The van der Waals surface area contributed by atoms with Crippen LogP contribution >= 0.6 is 0 Å². The lowest BCUT2D eigenvalue weighted by Gasteiger charge is -2.27. The third kappa shape index (κ3) is 3.50. The van der Waals surface area contributed by atoms with Crippen LogP contribution in [0.3, 0.4) is 0 Å². The van der Waals surface area contributed by atoms with Gasteiger partial charge in [0.15, 0.2) is 0 Å². The molecule has 0 bridgehead atoms. The molecule has 1 N–H and O–H groups in total. The Balaban J connectivity index is 2.17. The van der Waals surface area contributed by atoms with Gasteiger partial charge < -0.3 is 10.0 Å².